The number of hydrogen-bond donors (Lipinski definition) is 2. The number of likely N-dealkylation sites (N-methyl/N-ethyl adjacent to an activating group) is 1. The number of nitrogens with zero attached hydrogens (tertiary/aromatic N) is 2. The highest BCUT2D eigenvalue weighted by atomic mass is 16.5. The van der Waals surface area contributed by atoms with Gasteiger partial charge in [-0.25, -0.2) is 4.79 Å². The van der Waals surface area contributed by atoms with Gasteiger partial charge in [0.05, 0.1) is 23.9 Å². The second kappa shape index (κ2) is 10.0. The molecule has 2 heterocycles. The summed E-state index contributed by atoms with van der Waals surface area (Å²) < 4.78 is 5.12. The van der Waals surface area contributed by atoms with Crippen LogP contribution in [0.15, 0.2) is 24.3 Å². The molecule has 31 heavy (non-hydrogen) atoms. The summed E-state index contributed by atoms with van der Waals surface area (Å²) in [7, 11) is 0. The molecule has 2 N–H and O–H groups in total. The van der Waals surface area contributed by atoms with Gasteiger partial charge in [-0.15, -0.1) is 0 Å². The van der Waals surface area contributed by atoms with E-state index < -0.39 is 12.0 Å². The van der Waals surface area contributed by atoms with Gasteiger partial charge in [-0.05, 0) is 64.1 Å². The molecule has 3 rings (SSSR count). The van der Waals surface area contributed by atoms with Crippen LogP contribution < -0.4 is 10.2 Å². The van der Waals surface area contributed by atoms with E-state index in [4.69, 9.17) is 4.74 Å². The Morgan fingerprint density at radius 3 is 2.32 bits per heavy atom. The number of Topliss-reactive ketones (excluding diaryl/α,β-unsaturated/α-hetero) is 1. The van der Waals surface area contributed by atoms with Gasteiger partial charge in [0.25, 0.3) is 0 Å². The molecule has 1 aliphatic rings. The summed E-state index contributed by atoms with van der Waals surface area (Å²) in [6.45, 7) is 15.0. The van der Waals surface area contributed by atoms with Crippen LogP contribution in [0.1, 0.15) is 52.9 Å². The third-order valence-electron chi connectivity index (χ3n) is 5.99. The fourth-order valence-electron chi connectivity index (χ4n) is 4.13. The second-order valence-corrected chi connectivity index (χ2v) is 8.04. The van der Waals surface area contributed by atoms with E-state index in [1.807, 2.05) is 19.1 Å². The maximum atomic E-state index is 13.0. The number of carbonyl (C=O) groups excluding carboxylic acids is 2. The highest BCUT2D eigenvalue weighted by Gasteiger charge is 2.25. The van der Waals surface area contributed by atoms with Gasteiger partial charge in [0.2, 0.25) is 5.78 Å². The number of ether oxygens (including phenoxy) is 1. The monoisotopic (exact) mass is 426 g/mol. The van der Waals surface area contributed by atoms with Gasteiger partial charge in [0.15, 0.2) is 0 Å². The summed E-state index contributed by atoms with van der Waals surface area (Å²) in [5.74, 6) is -0.486. The molecule has 1 saturated heterocycles. The molecule has 7 heteroatoms. The van der Waals surface area contributed by atoms with Crippen LogP contribution in [0.2, 0.25) is 0 Å². The average Bonchev–Trinajstić information content (AvgIpc) is 3.07. The molecular formula is C24H34N4O3. The van der Waals surface area contributed by atoms with Crippen molar-refractivity contribution in [1.82, 2.24) is 9.88 Å². The van der Waals surface area contributed by atoms with Crippen molar-refractivity contribution in [2.75, 3.05) is 49.5 Å². The number of hydrogen-bond acceptors (Lipinski definition) is 6. The summed E-state index contributed by atoms with van der Waals surface area (Å²) in [5.41, 5.74) is 4.28. The molecule has 168 valence electrons. The van der Waals surface area contributed by atoms with Crippen LogP contribution >= 0.6 is 0 Å². The summed E-state index contributed by atoms with van der Waals surface area (Å²) in [5, 5.41) is 3.28. The van der Waals surface area contributed by atoms with Crippen LogP contribution in [0.5, 0.6) is 0 Å². The van der Waals surface area contributed by atoms with E-state index in [0.717, 1.165) is 38.4 Å². The molecule has 1 aromatic heterocycles. The van der Waals surface area contributed by atoms with E-state index >= 15 is 0 Å². The van der Waals surface area contributed by atoms with Gasteiger partial charge in [0, 0.05) is 43.2 Å². The van der Waals surface area contributed by atoms with E-state index in [2.05, 4.69) is 39.2 Å². The molecule has 2 aromatic rings. The van der Waals surface area contributed by atoms with Crippen molar-refractivity contribution in [1.29, 1.82) is 0 Å². The number of nitrogens with one attached hydrogen (secondary N) is 2. The van der Waals surface area contributed by atoms with Crippen molar-refractivity contribution in [3.05, 3.63) is 46.8 Å². The Labute approximate surface area is 184 Å². The van der Waals surface area contributed by atoms with Crippen LogP contribution in [-0.2, 0) is 4.74 Å². The Balaban J connectivity index is 1.65. The zero-order valence-corrected chi connectivity index (χ0v) is 19.2. The minimum absolute atomic E-state index is 0.0871. The van der Waals surface area contributed by atoms with Crippen molar-refractivity contribution in [3.8, 4) is 0 Å². The van der Waals surface area contributed by atoms with E-state index in [1.165, 1.54) is 5.69 Å². The van der Waals surface area contributed by atoms with Gasteiger partial charge < -0.3 is 24.8 Å². The quantitative estimate of drug-likeness (QED) is 0.496. The highest BCUT2D eigenvalue weighted by Crippen LogP contribution is 2.23. The van der Waals surface area contributed by atoms with Crippen molar-refractivity contribution in [3.63, 3.8) is 0 Å². The maximum absolute atomic E-state index is 13.0. The third kappa shape index (κ3) is 5.10. The van der Waals surface area contributed by atoms with Crippen molar-refractivity contribution >= 4 is 23.1 Å². The van der Waals surface area contributed by atoms with Gasteiger partial charge in [-0.1, -0.05) is 6.92 Å². The number of benzene rings is 1. The van der Waals surface area contributed by atoms with Crippen molar-refractivity contribution < 1.29 is 14.3 Å². The zero-order chi connectivity index (χ0) is 22.5. The van der Waals surface area contributed by atoms with E-state index in [-0.39, 0.29) is 5.78 Å². The van der Waals surface area contributed by atoms with E-state index in [0.29, 0.717) is 29.1 Å². The fraction of sp³-hybridized carbons (Fsp3) is 0.500. The molecule has 7 nitrogen and oxygen atoms in total. The average molecular weight is 427 g/mol. The molecule has 1 unspecified atom stereocenters. The number of rotatable bonds is 8. The largest absolute Gasteiger partial charge is 0.462 e. The smallest absolute Gasteiger partial charge is 0.340 e. The van der Waals surface area contributed by atoms with E-state index in [1.54, 1.807) is 20.8 Å². The number of aromatic nitrogens is 1. The predicted molar refractivity (Wildman–Crippen MR) is 124 cm³/mol. The predicted octanol–water partition coefficient (Wildman–Crippen LogP) is 3.63. The lowest BCUT2D eigenvalue weighted by Crippen LogP contribution is -2.46. The normalized spacial score (nSPS) is 15.6. The highest BCUT2D eigenvalue weighted by molar-refractivity contribution is 6.04. The Kier molecular flexibility index (Phi) is 7.38. The lowest BCUT2D eigenvalue weighted by atomic mass is 10.0. The molecule has 1 fully saturated rings. The van der Waals surface area contributed by atoms with Gasteiger partial charge in [-0.2, -0.15) is 0 Å². The zero-order valence-electron chi connectivity index (χ0n) is 19.2. The standard InChI is InChI=1S/C24H34N4O3/c1-6-27-12-14-28(15-13-27)20-10-8-19(9-11-20)25-18(5)23(29)22-16(3)21(17(4)26-22)24(30)31-7-2/h8-11,18,25-26H,6-7,12-15H2,1-5H3. The number of carbonyl (C=O) groups is 2. The molecule has 0 aliphatic carbocycles. The number of piperazine rings is 1. The Morgan fingerprint density at radius 2 is 1.74 bits per heavy atom. The third-order valence-corrected chi connectivity index (χ3v) is 5.99. The molecule has 0 amide bonds. The molecular weight excluding hydrogens is 392 g/mol. The fourth-order valence-corrected chi connectivity index (χ4v) is 4.13. The topological polar surface area (TPSA) is 77.7 Å². The molecule has 0 radical (unpaired) electrons. The lowest BCUT2D eigenvalue weighted by molar-refractivity contribution is 0.0525. The van der Waals surface area contributed by atoms with Crippen LogP contribution in [0.3, 0.4) is 0 Å². The number of H-pyrrole nitrogens is 1. The minimum atomic E-state index is -0.439. The van der Waals surface area contributed by atoms with Crippen LogP contribution in [0.4, 0.5) is 11.4 Å². The first-order valence-corrected chi connectivity index (χ1v) is 11.1. The van der Waals surface area contributed by atoms with Gasteiger partial charge >= 0.3 is 5.97 Å². The molecule has 0 bridgehead atoms. The second-order valence-electron chi connectivity index (χ2n) is 8.04. The lowest BCUT2D eigenvalue weighted by Gasteiger charge is -2.35. The first-order valence-electron chi connectivity index (χ1n) is 11.1. The first kappa shape index (κ1) is 22.9. The number of esters is 1. The summed E-state index contributed by atoms with van der Waals surface area (Å²) in [4.78, 5) is 33.2. The van der Waals surface area contributed by atoms with Crippen molar-refractivity contribution in [2.24, 2.45) is 0 Å². The minimum Gasteiger partial charge on any atom is -0.462 e. The number of ketones is 1. The summed E-state index contributed by atoms with van der Waals surface area (Å²) in [6.07, 6.45) is 0. The maximum Gasteiger partial charge on any atom is 0.340 e. The Bertz CT molecular complexity index is 912. The molecule has 0 spiro atoms. The molecule has 1 atom stereocenters. The first-order chi connectivity index (χ1) is 14.8. The Hall–Kier alpha value is -2.80. The summed E-state index contributed by atoms with van der Waals surface area (Å²) >= 11 is 0. The molecule has 1 aromatic carbocycles. The van der Waals surface area contributed by atoms with Crippen LogP contribution in [-0.4, -0.2) is 67.0 Å². The van der Waals surface area contributed by atoms with Crippen molar-refractivity contribution in [2.45, 2.75) is 40.7 Å². The van der Waals surface area contributed by atoms with Gasteiger partial charge in [0.1, 0.15) is 0 Å². The molecule has 0 saturated carbocycles. The number of aromatic amines is 1. The SMILES string of the molecule is CCOC(=O)c1c(C)[nH]c(C(=O)C(C)Nc2ccc(N3CCN(CC)CC3)cc2)c1C. The number of anilines is 2. The van der Waals surface area contributed by atoms with E-state index in [9.17, 15) is 9.59 Å². The number of aryl methyl sites for hydroxylation is 1. The summed E-state index contributed by atoms with van der Waals surface area (Å²) in [6, 6.07) is 7.80. The molecule has 1 aliphatic heterocycles. The Morgan fingerprint density at radius 1 is 1.10 bits per heavy atom. The van der Waals surface area contributed by atoms with Gasteiger partial charge in [-0.3, -0.25) is 4.79 Å². The van der Waals surface area contributed by atoms with Crippen LogP contribution in [0, 0.1) is 13.8 Å². The van der Waals surface area contributed by atoms with Crippen LogP contribution in [0.25, 0.3) is 0 Å².